The molecule has 0 aliphatic carbocycles. The van der Waals surface area contributed by atoms with E-state index in [0.29, 0.717) is 19.3 Å². The molecule has 422 valence electrons. The van der Waals surface area contributed by atoms with Crippen molar-refractivity contribution in [3.63, 3.8) is 0 Å². The van der Waals surface area contributed by atoms with E-state index in [1.54, 1.807) is 0 Å². The summed E-state index contributed by atoms with van der Waals surface area (Å²) < 4.78 is 17.0. The van der Waals surface area contributed by atoms with Crippen LogP contribution in [0.25, 0.3) is 0 Å². The van der Waals surface area contributed by atoms with Gasteiger partial charge in [-0.25, -0.2) is 0 Å². The molecule has 0 aromatic carbocycles. The minimum absolute atomic E-state index is 0.0626. The fraction of sp³-hybridized carbons (Fsp3) is 0.954. The maximum absolute atomic E-state index is 12.9. The lowest BCUT2D eigenvalue weighted by atomic mass is 9.99. The quantitative estimate of drug-likeness (QED) is 0.0343. The van der Waals surface area contributed by atoms with Gasteiger partial charge in [0.05, 0.1) is 0 Å². The minimum atomic E-state index is -0.764. The molecular formula is C65H126O6. The summed E-state index contributed by atoms with van der Waals surface area (Å²) >= 11 is 0. The van der Waals surface area contributed by atoms with E-state index in [0.717, 1.165) is 75.5 Å². The van der Waals surface area contributed by atoms with Crippen LogP contribution >= 0.6 is 0 Å². The summed E-state index contributed by atoms with van der Waals surface area (Å²) in [6.07, 6.45) is 61.0. The average Bonchev–Trinajstić information content (AvgIpc) is 3.35. The summed E-state index contributed by atoms with van der Waals surface area (Å²) in [5.74, 6) is 1.74. The van der Waals surface area contributed by atoms with Gasteiger partial charge in [0.1, 0.15) is 13.2 Å². The number of unbranched alkanes of at least 4 members (excludes halogenated alkanes) is 40. The number of rotatable bonds is 58. The first-order valence-electron chi connectivity index (χ1n) is 32.1. The third-order valence-corrected chi connectivity index (χ3v) is 15.3. The van der Waals surface area contributed by atoms with Crippen molar-refractivity contribution in [1.29, 1.82) is 0 Å². The summed E-state index contributed by atoms with van der Waals surface area (Å²) in [6, 6.07) is 0. The zero-order valence-electron chi connectivity index (χ0n) is 49.0. The van der Waals surface area contributed by atoms with E-state index in [1.807, 2.05) is 0 Å². The number of esters is 3. The topological polar surface area (TPSA) is 78.9 Å². The largest absolute Gasteiger partial charge is 0.462 e. The van der Waals surface area contributed by atoms with Gasteiger partial charge in [0.15, 0.2) is 6.10 Å². The zero-order valence-corrected chi connectivity index (χ0v) is 49.0. The molecule has 0 aromatic heterocycles. The standard InChI is InChI=1S/C65H126O6/c1-7-61(6)53-47-41-35-29-23-17-14-15-19-25-32-38-44-50-56-65(68)71-62(58-70-64(67)55-49-43-37-31-26-20-22-28-34-40-46-52-60(4)5)57-69-63(66)54-48-42-36-30-24-18-13-11-9-8-10-12-16-21-27-33-39-45-51-59(2)3/h59-62H,7-58H2,1-6H3/t61?,62-/m1/s1. The molecule has 0 fully saturated rings. The second kappa shape index (κ2) is 56.1. The summed E-state index contributed by atoms with van der Waals surface area (Å²) in [5.41, 5.74) is 0. The van der Waals surface area contributed by atoms with Gasteiger partial charge in [-0.15, -0.1) is 0 Å². The molecular weight excluding hydrogens is 877 g/mol. The van der Waals surface area contributed by atoms with Gasteiger partial charge >= 0.3 is 17.9 Å². The lowest BCUT2D eigenvalue weighted by Crippen LogP contribution is -2.30. The van der Waals surface area contributed by atoms with Gasteiger partial charge in [-0.2, -0.15) is 0 Å². The van der Waals surface area contributed by atoms with Gasteiger partial charge in [0.25, 0.3) is 0 Å². The first-order chi connectivity index (χ1) is 34.6. The Morgan fingerprint density at radius 3 is 0.732 bits per heavy atom. The monoisotopic (exact) mass is 1000 g/mol. The SMILES string of the molecule is CCC(C)CCCCCCCCCCCCCCCCC(=O)O[C@H](COC(=O)CCCCCCCCCCCCCCCCCCCCC(C)C)COC(=O)CCCCCCCCCCCCCC(C)C. The summed E-state index contributed by atoms with van der Waals surface area (Å²) in [7, 11) is 0. The molecule has 0 aliphatic heterocycles. The molecule has 71 heavy (non-hydrogen) atoms. The number of carbonyl (C=O) groups excluding carboxylic acids is 3. The average molecular weight is 1000 g/mol. The van der Waals surface area contributed by atoms with Crippen molar-refractivity contribution in [2.45, 2.75) is 369 Å². The predicted octanol–water partition coefficient (Wildman–Crippen LogP) is 21.5. The molecule has 6 heteroatoms. The van der Waals surface area contributed by atoms with Crippen LogP contribution in [-0.2, 0) is 28.6 Å². The van der Waals surface area contributed by atoms with E-state index < -0.39 is 6.10 Å². The highest BCUT2D eigenvalue weighted by Gasteiger charge is 2.19. The molecule has 0 heterocycles. The third kappa shape index (κ3) is 57.5. The molecule has 0 bridgehead atoms. The van der Waals surface area contributed by atoms with Crippen LogP contribution in [0.15, 0.2) is 0 Å². The van der Waals surface area contributed by atoms with E-state index in [1.165, 1.54) is 244 Å². The molecule has 0 amide bonds. The molecule has 0 aromatic rings. The van der Waals surface area contributed by atoms with Crippen molar-refractivity contribution >= 4 is 17.9 Å². The Hall–Kier alpha value is -1.59. The van der Waals surface area contributed by atoms with Gasteiger partial charge in [-0.1, -0.05) is 324 Å². The van der Waals surface area contributed by atoms with Crippen molar-refractivity contribution in [3.05, 3.63) is 0 Å². The van der Waals surface area contributed by atoms with E-state index in [9.17, 15) is 14.4 Å². The Bertz CT molecular complexity index is 1100. The van der Waals surface area contributed by atoms with Gasteiger partial charge in [0.2, 0.25) is 0 Å². The van der Waals surface area contributed by atoms with Crippen molar-refractivity contribution in [2.24, 2.45) is 17.8 Å². The zero-order chi connectivity index (χ0) is 51.9. The van der Waals surface area contributed by atoms with Gasteiger partial charge in [0, 0.05) is 19.3 Å². The van der Waals surface area contributed by atoms with Crippen molar-refractivity contribution in [2.75, 3.05) is 13.2 Å². The van der Waals surface area contributed by atoms with Crippen LogP contribution in [-0.4, -0.2) is 37.2 Å². The van der Waals surface area contributed by atoms with Crippen LogP contribution in [0.3, 0.4) is 0 Å². The third-order valence-electron chi connectivity index (χ3n) is 15.3. The first kappa shape index (κ1) is 69.4. The molecule has 0 N–H and O–H groups in total. The molecule has 2 atom stereocenters. The van der Waals surface area contributed by atoms with Gasteiger partial charge in [-0.3, -0.25) is 14.4 Å². The molecule has 0 radical (unpaired) electrons. The van der Waals surface area contributed by atoms with Crippen LogP contribution in [0.4, 0.5) is 0 Å². The van der Waals surface area contributed by atoms with Crippen LogP contribution in [0.5, 0.6) is 0 Å². The van der Waals surface area contributed by atoms with Gasteiger partial charge in [-0.05, 0) is 37.0 Å². The fourth-order valence-electron chi connectivity index (χ4n) is 10.0. The van der Waals surface area contributed by atoms with E-state index in [-0.39, 0.29) is 31.1 Å². The Kier molecular flexibility index (Phi) is 54.9. The normalized spacial score (nSPS) is 12.5. The van der Waals surface area contributed by atoms with Crippen LogP contribution < -0.4 is 0 Å². The highest BCUT2D eigenvalue weighted by molar-refractivity contribution is 5.71. The second-order valence-corrected chi connectivity index (χ2v) is 23.6. The molecule has 0 saturated heterocycles. The predicted molar refractivity (Wildman–Crippen MR) is 307 cm³/mol. The molecule has 0 rings (SSSR count). The molecule has 0 spiro atoms. The number of carbonyl (C=O) groups is 3. The first-order valence-corrected chi connectivity index (χ1v) is 32.1. The van der Waals surface area contributed by atoms with E-state index in [4.69, 9.17) is 14.2 Å². The van der Waals surface area contributed by atoms with Crippen molar-refractivity contribution in [3.8, 4) is 0 Å². The van der Waals surface area contributed by atoms with Crippen molar-refractivity contribution in [1.82, 2.24) is 0 Å². The number of hydrogen-bond donors (Lipinski definition) is 0. The highest BCUT2D eigenvalue weighted by Crippen LogP contribution is 2.19. The highest BCUT2D eigenvalue weighted by atomic mass is 16.6. The summed E-state index contributed by atoms with van der Waals surface area (Å²) in [5, 5.41) is 0. The van der Waals surface area contributed by atoms with Crippen LogP contribution in [0.2, 0.25) is 0 Å². The van der Waals surface area contributed by atoms with Crippen molar-refractivity contribution < 1.29 is 28.6 Å². The molecule has 1 unspecified atom stereocenters. The fourth-order valence-corrected chi connectivity index (χ4v) is 10.0. The molecule has 0 saturated carbocycles. The smallest absolute Gasteiger partial charge is 0.306 e. The Morgan fingerprint density at radius 2 is 0.493 bits per heavy atom. The molecule has 0 aliphatic rings. The lowest BCUT2D eigenvalue weighted by molar-refractivity contribution is -0.167. The lowest BCUT2D eigenvalue weighted by Gasteiger charge is -2.18. The minimum Gasteiger partial charge on any atom is -0.462 e. The maximum atomic E-state index is 12.9. The summed E-state index contributed by atoms with van der Waals surface area (Å²) in [4.78, 5) is 38.3. The number of ether oxygens (including phenoxy) is 3. The second-order valence-electron chi connectivity index (χ2n) is 23.6. The maximum Gasteiger partial charge on any atom is 0.306 e. The Labute approximate surface area is 444 Å². The van der Waals surface area contributed by atoms with Crippen LogP contribution in [0, 0.1) is 17.8 Å². The Morgan fingerprint density at radius 1 is 0.282 bits per heavy atom. The Balaban J connectivity index is 4.27. The molecule has 6 nitrogen and oxygen atoms in total. The van der Waals surface area contributed by atoms with E-state index >= 15 is 0 Å². The summed E-state index contributed by atoms with van der Waals surface area (Å²) in [6.45, 7) is 13.8. The van der Waals surface area contributed by atoms with Crippen LogP contribution in [0.1, 0.15) is 363 Å². The van der Waals surface area contributed by atoms with Gasteiger partial charge < -0.3 is 14.2 Å². The number of hydrogen-bond acceptors (Lipinski definition) is 6. The van der Waals surface area contributed by atoms with E-state index in [2.05, 4.69) is 41.5 Å².